The molecule has 0 radical (unpaired) electrons. The molecule has 1 N–H and O–H groups in total. The van der Waals surface area contributed by atoms with Crippen LogP contribution in [-0.4, -0.2) is 28.7 Å². The number of aromatic nitrogens is 2. The van der Waals surface area contributed by atoms with Crippen LogP contribution in [-0.2, 0) is 0 Å². The smallest absolute Gasteiger partial charge is 0.270 e. The first-order chi connectivity index (χ1) is 15.6. The van der Waals surface area contributed by atoms with Gasteiger partial charge in [0, 0.05) is 29.0 Å². The lowest BCUT2D eigenvalue weighted by molar-refractivity contribution is -0.384. The fourth-order valence-electron chi connectivity index (χ4n) is 4.14. The number of fused-ring (bicyclic) bond motifs is 3. The van der Waals surface area contributed by atoms with E-state index in [1.807, 2.05) is 54.6 Å². The molecule has 0 unspecified atom stereocenters. The molecule has 0 spiro atoms. The molecular weight excluding hydrogens is 408 g/mol. The van der Waals surface area contributed by atoms with Crippen molar-refractivity contribution in [2.45, 2.75) is 6.04 Å². The van der Waals surface area contributed by atoms with Crippen molar-refractivity contribution in [3.63, 3.8) is 0 Å². The lowest BCUT2D eigenvalue weighted by atomic mass is 9.99. The zero-order chi connectivity index (χ0) is 22.2. The summed E-state index contributed by atoms with van der Waals surface area (Å²) in [4.78, 5) is 15.7. The van der Waals surface area contributed by atoms with Crippen molar-refractivity contribution in [1.82, 2.24) is 9.55 Å². The number of hydrogen-bond acceptors (Lipinski definition) is 6. The fraction of sp³-hybridized carbons (Fsp3) is 0.125. The molecule has 0 amide bonds. The standard InChI is InChI=1S/C24H20N4O4/c1-31-22-12-6-9-17(23(22)32-2)21-14-19(15-7-5-8-16(13-15)28(29)30)26-24-25-18-10-3-4-11-20(18)27(21)24/h3-14,21H,1-2H3,(H,25,26)/t21-/m0/s1. The largest absolute Gasteiger partial charge is 0.493 e. The summed E-state index contributed by atoms with van der Waals surface area (Å²) in [5.41, 5.74) is 4.14. The van der Waals surface area contributed by atoms with Gasteiger partial charge in [0.25, 0.3) is 5.69 Å². The Morgan fingerprint density at radius 2 is 1.84 bits per heavy atom. The van der Waals surface area contributed by atoms with Crippen LogP contribution in [0, 0.1) is 10.1 Å². The Morgan fingerprint density at radius 3 is 2.62 bits per heavy atom. The number of para-hydroxylation sites is 3. The van der Waals surface area contributed by atoms with E-state index in [2.05, 4.69) is 9.88 Å². The first kappa shape index (κ1) is 19.6. The van der Waals surface area contributed by atoms with Crippen LogP contribution >= 0.6 is 0 Å². The van der Waals surface area contributed by atoms with Crippen molar-refractivity contribution in [3.05, 3.63) is 94.0 Å². The van der Waals surface area contributed by atoms with Gasteiger partial charge in [0.2, 0.25) is 5.95 Å². The van der Waals surface area contributed by atoms with E-state index in [1.165, 1.54) is 6.07 Å². The molecule has 0 saturated heterocycles. The molecule has 2 heterocycles. The maximum Gasteiger partial charge on any atom is 0.270 e. The molecule has 8 nitrogen and oxygen atoms in total. The third-order valence-corrected chi connectivity index (χ3v) is 5.57. The normalized spacial score (nSPS) is 14.9. The summed E-state index contributed by atoms with van der Waals surface area (Å²) in [6.45, 7) is 0. The average molecular weight is 428 g/mol. The second-order valence-corrected chi connectivity index (χ2v) is 7.33. The average Bonchev–Trinajstić information content (AvgIpc) is 3.21. The monoisotopic (exact) mass is 428 g/mol. The highest BCUT2D eigenvalue weighted by atomic mass is 16.6. The Labute approximate surface area is 183 Å². The van der Waals surface area contributed by atoms with Crippen LogP contribution in [0.1, 0.15) is 17.2 Å². The van der Waals surface area contributed by atoms with Crippen LogP contribution in [0.5, 0.6) is 11.5 Å². The minimum absolute atomic E-state index is 0.0276. The number of rotatable bonds is 5. The summed E-state index contributed by atoms with van der Waals surface area (Å²) >= 11 is 0. The van der Waals surface area contributed by atoms with Crippen molar-refractivity contribution in [2.24, 2.45) is 0 Å². The highest BCUT2D eigenvalue weighted by Crippen LogP contribution is 2.43. The summed E-state index contributed by atoms with van der Waals surface area (Å²) in [5.74, 6) is 1.89. The molecule has 1 aliphatic rings. The Morgan fingerprint density at radius 1 is 1.03 bits per heavy atom. The van der Waals surface area contributed by atoms with Gasteiger partial charge in [-0.25, -0.2) is 4.98 Å². The zero-order valence-electron chi connectivity index (χ0n) is 17.5. The van der Waals surface area contributed by atoms with Crippen LogP contribution in [0.4, 0.5) is 11.6 Å². The lowest BCUT2D eigenvalue weighted by Crippen LogP contribution is -2.19. The number of nitro groups is 1. The van der Waals surface area contributed by atoms with Gasteiger partial charge in [0.15, 0.2) is 11.5 Å². The van der Waals surface area contributed by atoms with Crippen molar-refractivity contribution in [1.29, 1.82) is 0 Å². The zero-order valence-corrected chi connectivity index (χ0v) is 17.5. The Balaban J connectivity index is 1.75. The lowest BCUT2D eigenvalue weighted by Gasteiger charge is -2.28. The molecule has 5 rings (SSSR count). The number of ether oxygens (including phenoxy) is 2. The molecule has 1 aromatic heterocycles. The van der Waals surface area contributed by atoms with E-state index in [9.17, 15) is 10.1 Å². The van der Waals surface area contributed by atoms with E-state index >= 15 is 0 Å². The third kappa shape index (κ3) is 3.13. The van der Waals surface area contributed by atoms with Gasteiger partial charge >= 0.3 is 0 Å². The first-order valence-corrected chi connectivity index (χ1v) is 10.0. The summed E-state index contributed by atoms with van der Waals surface area (Å²) in [6.07, 6.45) is 2.03. The summed E-state index contributed by atoms with van der Waals surface area (Å²) in [7, 11) is 3.22. The fourth-order valence-corrected chi connectivity index (χ4v) is 4.14. The van der Waals surface area contributed by atoms with Gasteiger partial charge in [-0.05, 0) is 24.3 Å². The number of nitro benzene ring substituents is 1. The molecule has 0 fully saturated rings. The van der Waals surface area contributed by atoms with Crippen LogP contribution in [0.25, 0.3) is 16.7 Å². The molecule has 1 aliphatic heterocycles. The van der Waals surface area contributed by atoms with Gasteiger partial charge in [-0.3, -0.25) is 14.7 Å². The van der Waals surface area contributed by atoms with Crippen molar-refractivity contribution in [3.8, 4) is 11.5 Å². The number of non-ortho nitro benzene ring substituents is 1. The van der Waals surface area contributed by atoms with E-state index in [0.717, 1.165) is 22.3 Å². The number of nitrogens with one attached hydrogen (secondary N) is 1. The van der Waals surface area contributed by atoms with Gasteiger partial charge in [0.1, 0.15) is 0 Å². The number of anilines is 1. The number of imidazole rings is 1. The third-order valence-electron chi connectivity index (χ3n) is 5.57. The quantitative estimate of drug-likeness (QED) is 0.355. The molecule has 32 heavy (non-hydrogen) atoms. The summed E-state index contributed by atoms with van der Waals surface area (Å²) in [5, 5.41) is 14.7. The molecule has 1 atom stereocenters. The minimum Gasteiger partial charge on any atom is -0.493 e. The topological polar surface area (TPSA) is 91.5 Å². The van der Waals surface area contributed by atoms with E-state index in [0.29, 0.717) is 23.0 Å². The molecule has 160 valence electrons. The Bertz CT molecular complexity index is 1380. The molecular formula is C24H20N4O4. The molecule has 3 aromatic carbocycles. The number of allylic oxidation sites excluding steroid dienone is 1. The molecule has 4 aromatic rings. The van der Waals surface area contributed by atoms with Crippen LogP contribution < -0.4 is 14.8 Å². The molecule has 0 saturated carbocycles. The van der Waals surface area contributed by atoms with Crippen LogP contribution in [0.3, 0.4) is 0 Å². The Hall–Kier alpha value is -4.33. The van der Waals surface area contributed by atoms with E-state index in [1.54, 1.807) is 26.4 Å². The van der Waals surface area contributed by atoms with Crippen LogP contribution in [0.15, 0.2) is 72.8 Å². The van der Waals surface area contributed by atoms with Crippen LogP contribution in [0.2, 0.25) is 0 Å². The SMILES string of the molecule is COc1cccc([C@@H]2C=C(c3cccc([N+](=O)[O-])c3)Nc3nc4ccccc4n32)c1OC. The van der Waals surface area contributed by atoms with Gasteiger partial charge < -0.3 is 14.8 Å². The van der Waals surface area contributed by atoms with Crippen molar-refractivity contribution in [2.75, 3.05) is 19.5 Å². The van der Waals surface area contributed by atoms with Gasteiger partial charge in [-0.15, -0.1) is 0 Å². The van der Waals surface area contributed by atoms with Gasteiger partial charge in [0.05, 0.1) is 36.2 Å². The maximum atomic E-state index is 11.3. The second kappa shape index (κ2) is 7.73. The van der Waals surface area contributed by atoms with E-state index in [-0.39, 0.29) is 11.7 Å². The highest BCUT2D eigenvalue weighted by molar-refractivity contribution is 5.86. The predicted octanol–water partition coefficient (Wildman–Crippen LogP) is 5.02. The van der Waals surface area contributed by atoms with Gasteiger partial charge in [-0.2, -0.15) is 0 Å². The second-order valence-electron chi connectivity index (χ2n) is 7.33. The number of methoxy groups -OCH3 is 2. The van der Waals surface area contributed by atoms with Gasteiger partial charge in [-0.1, -0.05) is 36.4 Å². The first-order valence-electron chi connectivity index (χ1n) is 10.0. The molecule has 8 heteroatoms. The van der Waals surface area contributed by atoms with E-state index in [4.69, 9.17) is 14.5 Å². The minimum atomic E-state index is -0.398. The molecule has 0 aliphatic carbocycles. The maximum absolute atomic E-state index is 11.3. The van der Waals surface area contributed by atoms with Crippen molar-refractivity contribution >= 4 is 28.4 Å². The van der Waals surface area contributed by atoms with E-state index < -0.39 is 4.92 Å². The molecule has 0 bridgehead atoms. The summed E-state index contributed by atoms with van der Waals surface area (Å²) in [6, 6.07) is 19.9. The highest BCUT2D eigenvalue weighted by Gasteiger charge is 2.28. The Kier molecular flexibility index (Phi) is 4.74. The number of benzene rings is 3. The predicted molar refractivity (Wildman–Crippen MR) is 122 cm³/mol. The number of nitrogens with zero attached hydrogens (tertiary/aromatic N) is 3. The number of hydrogen-bond donors (Lipinski definition) is 1. The van der Waals surface area contributed by atoms with Crippen molar-refractivity contribution < 1.29 is 14.4 Å². The summed E-state index contributed by atoms with van der Waals surface area (Å²) < 4.78 is 13.3.